The van der Waals surface area contributed by atoms with Gasteiger partial charge < -0.3 is 9.42 Å². The number of piperidine rings is 1. The number of carbonyl (C=O) groups is 1. The molecular weight excluding hydrogens is 334 g/mol. The van der Waals surface area contributed by atoms with Crippen molar-refractivity contribution in [1.82, 2.24) is 15.0 Å². The third kappa shape index (κ3) is 4.63. The van der Waals surface area contributed by atoms with Crippen molar-refractivity contribution >= 4 is 17.7 Å². The lowest BCUT2D eigenvalue weighted by Crippen LogP contribution is -2.38. The monoisotopic (exact) mass is 359 g/mol. The second-order valence-corrected chi connectivity index (χ2v) is 7.85. The van der Waals surface area contributed by atoms with E-state index in [-0.39, 0.29) is 11.8 Å². The van der Waals surface area contributed by atoms with Crippen LogP contribution in [0.5, 0.6) is 0 Å². The SMILES string of the molecule is Cc1noc(C2CCN(C(=O)CCSc3ccc(C)c(C)c3)CC2)n1. The molecule has 1 aliphatic rings. The van der Waals surface area contributed by atoms with Crippen LogP contribution in [0, 0.1) is 20.8 Å². The molecule has 0 radical (unpaired) electrons. The average Bonchev–Trinajstić information content (AvgIpc) is 3.04. The number of likely N-dealkylation sites (tertiary alicyclic amines) is 1. The Labute approximate surface area is 153 Å². The number of nitrogens with zero attached hydrogens (tertiary/aromatic N) is 3. The summed E-state index contributed by atoms with van der Waals surface area (Å²) in [5.74, 6) is 2.75. The summed E-state index contributed by atoms with van der Waals surface area (Å²) in [7, 11) is 0. The molecule has 25 heavy (non-hydrogen) atoms. The van der Waals surface area contributed by atoms with Crippen molar-refractivity contribution in [3.8, 4) is 0 Å². The molecule has 1 aliphatic heterocycles. The third-order valence-corrected chi connectivity index (χ3v) is 5.80. The number of aryl methyl sites for hydroxylation is 3. The van der Waals surface area contributed by atoms with E-state index in [0.29, 0.717) is 12.2 Å². The molecule has 5 nitrogen and oxygen atoms in total. The Morgan fingerprint density at radius 2 is 2.00 bits per heavy atom. The van der Waals surface area contributed by atoms with Gasteiger partial charge in [-0.15, -0.1) is 11.8 Å². The van der Waals surface area contributed by atoms with Gasteiger partial charge in [-0.1, -0.05) is 11.2 Å². The van der Waals surface area contributed by atoms with Gasteiger partial charge in [0, 0.05) is 36.1 Å². The highest BCUT2D eigenvalue weighted by molar-refractivity contribution is 7.99. The van der Waals surface area contributed by atoms with E-state index in [9.17, 15) is 4.79 Å². The third-order valence-electron chi connectivity index (χ3n) is 4.80. The van der Waals surface area contributed by atoms with Gasteiger partial charge in [0.05, 0.1) is 0 Å². The average molecular weight is 359 g/mol. The summed E-state index contributed by atoms with van der Waals surface area (Å²) in [4.78, 5) is 19.9. The second-order valence-electron chi connectivity index (χ2n) is 6.68. The van der Waals surface area contributed by atoms with Gasteiger partial charge in [0.1, 0.15) is 0 Å². The number of amides is 1. The second kappa shape index (κ2) is 8.04. The topological polar surface area (TPSA) is 59.2 Å². The van der Waals surface area contributed by atoms with E-state index in [1.807, 2.05) is 11.8 Å². The highest BCUT2D eigenvalue weighted by Gasteiger charge is 2.26. The van der Waals surface area contributed by atoms with Crippen LogP contribution in [0.4, 0.5) is 0 Å². The molecule has 2 aromatic rings. The van der Waals surface area contributed by atoms with Crippen LogP contribution in [-0.4, -0.2) is 39.8 Å². The quantitative estimate of drug-likeness (QED) is 0.758. The molecule has 0 aliphatic carbocycles. The summed E-state index contributed by atoms with van der Waals surface area (Å²) in [6.07, 6.45) is 2.39. The van der Waals surface area contributed by atoms with Crippen LogP contribution in [0.15, 0.2) is 27.6 Å². The zero-order valence-electron chi connectivity index (χ0n) is 15.1. The minimum absolute atomic E-state index is 0.247. The van der Waals surface area contributed by atoms with Crippen LogP contribution in [0.25, 0.3) is 0 Å². The highest BCUT2D eigenvalue weighted by atomic mass is 32.2. The smallest absolute Gasteiger partial charge is 0.229 e. The van der Waals surface area contributed by atoms with E-state index in [1.165, 1.54) is 16.0 Å². The zero-order chi connectivity index (χ0) is 17.8. The molecule has 2 heterocycles. The maximum absolute atomic E-state index is 12.4. The Balaban J connectivity index is 1.42. The van der Waals surface area contributed by atoms with Gasteiger partial charge in [-0.05, 0) is 56.9 Å². The number of hydrogen-bond donors (Lipinski definition) is 0. The molecule has 0 N–H and O–H groups in total. The molecule has 0 bridgehead atoms. The fourth-order valence-electron chi connectivity index (χ4n) is 3.07. The van der Waals surface area contributed by atoms with Crippen molar-refractivity contribution < 1.29 is 9.32 Å². The van der Waals surface area contributed by atoms with Crippen molar-refractivity contribution in [2.75, 3.05) is 18.8 Å². The lowest BCUT2D eigenvalue weighted by molar-refractivity contribution is -0.131. The minimum Gasteiger partial charge on any atom is -0.343 e. The van der Waals surface area contributed by atoms with Gasteiger partial charge in [0.25, 0.3) is 0 Å². The summed E-state index contributed by atoms with van der Waals surface area (Å²) in [6.45, 7) is 7.63. The van der Waals surface area contributed by atoms with E-state index in [2.05, 4.69) is 42.2 Å². The molecule has 1 amide bonds. The normalized spacial score (nSPS) is 15.6. The lowest BCUT2D eigenvalue weighted by Gasteiger charge is -2.30. The summed E-state index contributed by atoms with van der Waals surface area (Å²) < 4.78 is 5.26. The van der Waals surface area contributed by atoms with Gasteiger partial charge >= 0.3 is 0 Å². The van der Waals surface area contributed by atoms with Gasteiger partial charge in [-0.2, -0.15) is 4.98 Å². The van der Waals surface area contributed by atoms with Crippen molar-refractivity contribution in [3.63, 3.8) is 0 Å². The Bertz CT molecular complexity index is 736. The molecule has 1 aromatic heterocycles. The molecule has 0 saturated carbocycles. The molecule has 1 aromatic carbocycles. The van der Waals surface area contributed by atoms with Crippen molar-refractivity contribution in [3.05, 3.63) is 41.0 Å². The molecule has 1 fully saturated rings. The Morgan fingerprint density at radius 3 is 2.64 bits per heavy atom. The first kappa shape index (κ1) is 18.0. The van der Waals surface area contributed by atoms with E-state index in [4.69, 9.17) is 4.52 Å². The fraction of sp³-hybridized carbons (Fsp3) is 0.526. The predicted octanol–water partition coefficient (Wildman–Crippen LogP) is 3.88. The lowest BCUT2D eigenvalue weighted by atomic mass is 9.96. The van der Waals surface area contributed by atoms with Gasteiger partial charge in [0.2, 0.25) is 11.8 Å². The Morgan fingerprint density at radius 1 is 1.24 bits per heavy atom. The van der Waals surface area contributed by atoms with Crippen molar-refractivity contribution in [2.24, 2.45) is 0 Å². The maximum Gasteiger partial charge on any atom is 0.229 e. The van der Waals surface area contributed by atoms with E-state index >= 15 is 0 Å². The predicted molar refractivity (Wildman–Crippen MR) is 98.8 cm³/mol. The first-order chi connectivity index (χ1) is 12.0. The van der Waals surface area contributed by atoms with E-state index in [1.54, 1.807) is 11.8 Å². The standard InChI is InChI=1S/C19H25N3O2S/c1-13-4-5-17(12-14(13)2)25-11-8-18(23)22-9-6-16(7-10-22)19-20-15(3)21-24-19/h4-5,12,16H,6-11H2,1-3H3. The Kier molecular flexibility index (Phi) is 5.78. The molecular formula is C19H25N3O2S. The van der Waals surface area contributed by atoms with Crippen molar-refractivity contribution in [2.45, 2.75) is 50.8 Å². The summed E-state index contributed by atoms with van der Waals surface area (Å²) in [5, 5.41) is 3.86. The van der Waals surface area contributed by atoms with Crippen LogP contribution in [-0.2, 0) is 4.79 Å². The summed E-state index contributed by atoms with van der Waals surface area (Å²) >= 11 is 1.76. The molecule has 3 rings (SSSR count). The van der Waals surface area contributed by atoms with E-state index < -0.39 is 0 Å². The zero-order valence-corrected chi connectivity index (χ0v) is 15.9. The van der Waals surface area contributed by atoms with Crippen LogP contribution in [0.1, 0.15) is 48.0 Å². The number of rotatable bonds is 5. The van der Waals surface area contributed by atoms with Crippen LogP contribution >= 0.6 is 11.8 Å². The first-order valence-electron chi connectivity index (χ1n) is 8.81. The molecule has 1 saturated heterocycles. The van der Waals surface area contributed by atoms with Crippen LogP contribution in [0.3, 0.4) is 0 Å². The minimum atomic E-state index is 0.247. The number of hydrogen-bond acceptors (Lipinski definition) is 5. The fourth-order valence-corrected chi connectivity index (χ4v) is 4.01. The molecule has 0 unspecified atom stereocenters. The number of benzene rings is 1. The van der Waals surface area contributed by atoms with Crippen LogP contribution in [0.2, 0.25) is 0 Å². The number of thioether (sulfide) groups is 1. The highest BCUT2D eigenvalue weighted by Crippen LogP contribution is 2.27. The molecule has 0 atom stereocenters. The summed E-state index contributed by atoms with van der Waals surface area (Å²) in [5.41, 5.74) is 2.61. The van der Waals surface area contributed by atoms with Crippen LogP contribution < -0.4 is 0 Å². The molecule has 134 valence electrons. The molecule has 0 spiro atoms. The van der Waals surface area contributed by atoms with Crippen molar-refractivity contribution in [1.29, 1.82) is 0 Å². The van der Waals surface area contributed by atoms with Gasteiger partial charge in [0.15, 0.2) is 5.82 Å². The van der Waals surface area contributed by atoms with Gasteiger partial charge in [-0.25, -0.2) is 0 Å². The number of carbonyl (C=O) groups excluding carboxylic acids is 1. The van der Waals surface area contributed by atoms with Gasteiger partial charge in [-0.3, -0.25) is 4.79 Å². The maximum atomic E-state index is 12.4. The molecule has 6 heteroatoms. The van der Waals surface area contributed by atoms with E-state index in [0.717, 1.165) is 37.6 Å². The Hall–Kier alpha value is -1.82. The largest absolute Gasteiger partial charge is 0.343 e. The number of aromatic nitrogens is 2. The summed E-state index contributed by atoms with van der Waals surface area (Å²) in [6, 6.07) is 6.47. The first-order valence-corrected chi connectivity index (χ1v) is 9.79.